The van der Waals surface area contributed by atoms with Crippen LogP contribution in [0.4, 0.5) is 17.5 Å². The van der Waals surface area contributed by atoms with Gasteiger partial charge in [-0.2, -0.15) is 15.5 Å². The van der Waals surface area contributed by atoms with Crippen LogP contribution in [0.1, 0.15) is 32.3 Å². The second kappa shape index (κ2) is 11.6. The molecule has 1 aromatic heterocycles. The number of nitrogens with zero attached hydrogens (tertiary/aromatic N) is 4. The first-order chi connectivity index (χ1) is 14.6. The third kappa shape index (κ3) is 6.78. The molecule has 0 aliphatic heterocycles. The predicted molar refractivity (Wildman–Crippen MR) is 121 cm³/mol. The molecule has 2 aromatic rings. The van der Waals surface area contributed by atoms with Crippen molar-refractivity contribution in [3.63, 3.8) is 0 Å². The van der Waals surface area contributed by atoms with Crippen molar-refractivity contribution in [1.82, 2.24) is 9.97 Å². The Kier molecular flexibility index (Phi) is 8.58. The molecule has 0 atom stereocenters. The molecule has 0 spiro atoms. The quantitative estimate of drug-likeness (QED) is 0.317. The van der Waals surface area contributed by atoms with Gasteiger partial charge in [-0.25, -0.2) is 4.98 Å². The average Bonchev–Trinajstić information content (AvgIpc) is 2.76. The number of hydrogen-bond donors (Lipinski definition) is 2. The van der Waals surface area contributed by atoms with Crippen LogP contribution in [0.25, 0.3) is 0 Å². The molecule has 2 rings (SSSR count). The van der Waals surface area contributed by atoms with E-state index >= 15 is 0 Å². The fourth-order valence-electron chi connectivity index (χ4n) is 2.70. The van der Waals surface area contributed by atoms with Crippen LogP contribution in [0.15, 0.2) is 84.3 Å². The van der Waals surface area contributed by atoms with Crippen molar-refractivity contribution < 1.29 is 0 Å². The molecule has 6 nitrogen and oxygen atoms in total. The van der Waals surface area contributed by atoms with E-state index < -0.39 is 0 Å². The Bertz CT molecular complexity index is 1050. The lowest BCUT2D eigenvalue weighted by molar-refractivity contribution is 1.10. The van der Waals surface area contributed by atoms with E-state index in [1.54, 1.807) is 24.4 Å². The third-order valence-electron chi connectivity index (χ3n) is 4.20. The maximum Gasteiger partial charge on any atom is 0.229 e. The molecule has 150 valence electrons. The van der Waals surface area contributed by atoms with Gasteiger partial charge >= 0.3 is 0 Å². The number of hydrogen-bond acceptors (Lipinski definition) is 6. The van der Waals surface area contributed by atoms with E-state index in [9.17, 15) is 0 Å². The van der Waals surface area contributed by atoms with Crippen LogP contribution in [-0.4, -0.2) is 9.97 Å². The summed E-state index contributed by atoms with van der Waals surface area (Å²) in [6.07, 6.45) is 10.3. The van der Waals surface area contributed by atoms with Crippen LogP contribution < -0.4 is 10.6 Å². The second-order valence-corrected chi connectivity index (χ2v) is 6.51. The molecule has 0 fully saturated rings. The summed E-state index contributed by atoms with van der Waals surface area (Å²) in [6, 6.07) is 13.0. The average molecular weight is 396 g/mol. The van der Waals surface area contributed by atoms with Crippen molar-refractivity contribution in [2.45, 2.75) is 26.7 Å². The minimum atomic E-state index is 0.448. The van der Waals surface area contributed by atoms with Crippen molar-refractivity contribution in [3.05, 3.63) is 89.8 Å². The molecule has 30 heavy (non-hydrogen) atoms. The molecule has 1 aromatic carbocycles. The highest BCUT2D eigenvalue weighted by Gasteiger charge is 2.08. The van der Waals surface area contributed by atoms with Crippen LogP contribution in [0.3, 0.4) is 0 Å². The lowest BCUT2D eigenvalue weighted by Gasteiger charge is -2.15. The standard InChI is InChI=1S/C24H24N6/c1-4-8-18(2)23(19(3)9-6-5-7-15-25)29-22-14-16-27-24(30-22)28-21-12-10-20(17-26)11-13-21/h4-5,7,9-14,16H,1,6,8H2,2-3H3,(H2,27,28,29,30)/b7-5+,19-9-,23-18+. The minimum absolute atomic E-state index is 0.448. The number of nitrogens with one attached hydrogen (secondary N) is 2. The van der Waals surface area contributed by atoms with Gasteiger partial charge in [-0.1, -0.05) is 18.2 Å². The van der Waals surface area contributed by atoms with Crippen molar-refractivity contribution in [2.24, 2.45) is 0 Å². The van der Waals surface area contributed by atoms with Gasteiger partial charge < -0.3 is 10.6 Å². The number of nitriles is 2. The summed E-state index contributed by atoms with van der Waals surface area (Å²) in [4.78, 5) is 8.81. The van der Waals surface area contributed by atoms with Crippen LogP contribution in [-0.2, 0) is 0 Å². The van der Waals surface area contributed by atoms with Crippen molar-refractivity contribution in [2.75, 3.05) is 10.6 Å². The molecule has 2 N–H and O–H groups in total. The van der Waals surface area contributed by atoms with Crippen LogP contribution >= 0.6 is 0 Å². The van der Waals surface area contributed by atoms with Gasteiger partial charge in [0, 0.05) is 23.7 Å². The van der Waals surface area contributed by atoms with Gasteiger partial charge in [-0.05, 0) is 68.2 Å². The molecule has 0 saturated heterocycles. The zero-order valence-corrected chi connectivity index (χ0v) is 17.2. The first kappa shape index (κ1) is 22.1. The molecule has 0 amide bonds. The number of allylic oxidation sites excluding steroid dienone is 6. The van der Waals surface area contributed by atoms with Gasteiger partial charge in [0.25, 0.3) is 0 Å². The highest BCUT2D eigenvalue weighted by molar-refractivity contribution is 5.57. The second-order valence-electron chi connectivity index (χ2n) is 6.51. The molecular formula is C24H24N6. The predicted octanol–water partition coefficient (Wildman–Crippen LogP) is 5.77. The molecule has 0 unspecified atom stereocenters. The Morgan fingerprint density at radius 1 is 1.17 bits per heavy atom. The van der Waals surface area contributed by atoms with E-state index in [2.05, 4.69) is 39.3 Å². The smallest absolute Gasteiger partial charge is 0.229 e. The summed E-state index contributed by atoms with van der Waals surface area (Å²) in [5, 5.41) is 24.1. The lowest BCUT2D eigenvalue weighted by Crippen LogP contribution is -2.07. The number of rotatable bonds is 9. The summed E-state index contributed by atoms with van der Waals surface area (Å²) in [5.74, 6) is 1.10. The highest BCUT2D eigenvalue weighted by Crippen LogP contribution is 2.22. The van der Waals surface area contributed by atoms with E-state index in [4.69, 9.17) is 10.5 Å². The Morgan fingerprint density at radius 3 is 2.60 bits per heavy atom. The molecule has 0 saturated carbocycles. The monoisotopic (exact) mass is 396 g/mol. The van der Waals surface area contributed by atoms with Crippen molar-refractivity contribution in [1.29, 1.82) is 10.5 Å². The van der Waals surface area contributed by atoms with Gasteiger partial charge in [0.1, 0.15) is 5.82 Å². The molecule has 6 heteroatoms. The normalized spacial score (nSPS) is 11.9. The van der Waals surface area contributed by atoms with Gasteiger partial charge in [-0.15, -0.1) is 6.58 Å². The maximum absolute atomic E-state index is 8.91. The van der Waals surface area contributed by atoms with E-state index in [0.29, 0.717) is 23.8 Å². The summed E-state index contributed by atoms with van der Waals surface area (Å²) in [6.45, 7) is 7.89. The largest absolute Gasteiger partial charge is 0.340 e. The van der Waals surface area contributed by atoms with Gasteiger partial charge in [0.05, 0.1) is 17.7 Å². The molecule has 0 aliphatic rings. The fraction of sp³-hybridized carbons (Fsp3) is 0.167. The summed E-state index contributed by atoms with van der Waals surface area (Å²) in [5.41, 5.74) is 4.53. The summed E-state index contributed by atoms with van der Waals surface area (Å²) >= 11 is 0. The van der Waals surface area contributed by atoms with Crippen LogP contribution in [0, 0.1) is 22.7 Å². The number of anilines is 3. The first-order valence-corrected chi connectivity index (χ1v) is 9.47. The van der Waals surface area contributed by atoms with Crippen LogP contribution in [0.2, 0.25) is 0 Å². The Hall–Kier alpha value is -4.16. The SMILES string of the molecule is C=CC/C(C)=C(Nc1ccnc(Nc2ccc(C#N)cc2)n1)\C(C)=C/C/C=C/C#N. The summed E-state index contributed by atoms with van der Waals surface area (Å²) < 4.78 is 0. The zero-order valence-electron chi connectivity index (χ0n) is 17.2. The zero-order chi connectivity index (χ0) is 21.8. The van der Waals surface area contributed by atoms with Gasteiger partial charge in [0.2, 0.25) is 5.95 Å². The molecule has 0 radical (unpaired) electrons. The molecule has 0 bridgehead atoms. The third-order valence-corrected chi connectivity index (χ3v) is 4.20. The fourth-order valence-corrected chi connectivity index (χ4v) is 2.70. The van der Waals surface area contributed by atoms with Gasteiger partial charge in [-0.3, -0.25) is 0 Å². The lowest BCUT2D eigenvalue weighted by atomic mass is 10.1. The van der Waals surface area contributed by atoms with Crippen molar-refractivity contribution in [3.8, 4) is 12.1 Å². The first-order valence-electron chi connectivity index (χ1n) is 9.47. The minimum Gasteiger partial charge on any atom is -0.340 e. The van der Waals surface area contributed by atoms with E-state index in [1.807, 2.05) is 44.2 Å². The van der Waals surface area contributed by atoms with Crippen LogP contribution in [0.5, 0.6) is 0 Å². The Balaban J connectivity index is 2.23. The van der Waals surface area contributed by atoms with Crippen molar-refractivity contribution >= 4 is 17.5 Å². The number of aromatic nitrogens is 2. The van der Waals surface area contributed by atoms with Gasteiger partial charge in [0.15, 0.2) is 0 Å². The Morgan fingerprint density at radius 2 is 1.93 bits per heavy atom. The molecule has 1 heterocycles. The van der Waals surface area contributed by atoms with E-state index in [1.165, 1.54) is 6.08 Å². The van der Waals surface area contributed by atoms with E-state index in [-0.39, 0.29) is 0 Å². The maximum atomic E-state index is 8.91. The van der Waals surface area contributed by atoms with E-state index in [0.717, 1.165) is 29.0 Å². The Labute approximate surface area is 177 Å². The molecule has 0 aliphatic carbocycles. The highest BCUT2D eigenvalue weighted by atomic mass is 15.1. The topological polar surface area (TPSA) is 97.4 Å². The molecular weight excluding hydrogens is 372 g/mol. The number of benzene rings is 1. The summed E-state index contributed by atoms with van der Waals surface area (Å²) in [7, 11) is 0.